The highest BCUT2D eigenvalue weighted by atomic mass is 32.2. The van der Waals surface area contributed by atoms with Gasteiger partial charge in [0.15, 0.2) is 0 Å². The minimum absolute atomic E-state index is 0.00261. The summed E-state index contributed by atoms with van der Waals surface area (Å²) in [6.07, 6.45) is -9.01. The second-order valence-corrected chi connectivity index (χ2v) is 13.6. The molecular formula is C30H24F7NO6S. The van der Waals surface area contributed by atoms with Gasteiger partial charge in [0, 0.05) is 11.5 Å². The molecule has 2 aliphatic carbocycles. The van der Waals surface area contributed by atoms with Gasteiger partial charge in [0.2, 0.25) is 0 Å². The van der Waals surface area contributed by atoms with Crippen molar-refractivity contribution in [2.24, 2.45) is 10.8 Å². The van der Waals surface area contributed by atoms with Gasteiger partial charge in [-0.1, -0.05) is 12.1 Å². The minimum atomic E-state index is -5.11. The lowest BCUT2D eigenvalue weighted by atomic mass is 9.78. The van der Waals surface area contributed by atoms with Crippen LogP contribution in [-0.4, -0.2) is 38.5 Å². The summed E-state index contributed by atoms with van der Waals surface area (Å²) in [6, 6.07) is 9.44. The number of halogens is 7. The fraction of sp³-hybridized carbons (Fsp3) is 0.367. The normalized spacial score (nSPS) is 24.7. The van der Waals surface area contributed by atoms with Crippen LogP contribution in [0.5, 0.6) is 11.5 Å². The highest BCUT2D eigenvalue weighted by Crippen LogP contribution is 2.64. The number of carbonyl (C=O) groups is 1. The number of rotatable bonds is 6. The predicted octanol–water partition coefficient (Wildman–Crippen LogP) is 7.40. The summed E-state index contributed by atoms with van der Waals surface area (Å²) in [7, 11) is -4.72. The number of nitrogens with zero attached hydrogens (tertiary/aromatic N) is 1. The van der Waals surface area contributed by atoms with Gasteiger partial charge in [-0.3, -0.25) is 9.10 Å². The molecule has 0 saturated heterocycles. The third-order valence-corrected chi connectivity index (χ3v) is 10.8. The van der Waals surface area contributed by atoms with Crippen LogP contribution in [-0.2, 0) is 21.0 Å². The molecule has 0 aromatic heterocycles. The first kappa shape index (κ1) is 31.0. The van der Waals surface area contributed by atoms with Crippen molar-refractivity contribution in [3.8, 4) is 22.6 Å². The molecule has 1 aliphatic heterocycles. The quantitative estimate of drug-likeness (QED) is 0.277. The highest BCUT2D eigenvalue weighted by molar-refractivity contribution is 7.92. The van der Waals surface area contributed by atoms with E-state index in [9.17, 15) is 49.1 Å². The lowest BCUT2D eigenvalue weighted by Gasteiger charge is -2.43. The predicted molar refractivity (Wildman–Crippen MR) is 144 cm³/mol. The van der Waals surface area contributed by atoms with E-state index in [4.69, 9.17) is 4.74 Å². The molecule has 2 bridgehead atoms. The molecule has 7 nitrogen and oxygen atoms in total. The number of benzene rings is 3. The Labute approximate surface area is 252 Å². The number of hydrogen-bond donors (Lipinski definition) is 1. The summed E-state index contributed by atoms with van der Waals surface area (Å²) in [5, 5.41) is 9.89. The minimum Gasteiger partial charge on any atom is -0.486 e. The van der Waals surface area contributed by atoms with Crippen molar-refractivity contribution in [2.45, 2.75) is 55.6 Å². The number of carboxylic acids is 1. The van der Waals surface area contributed by atoms with Crippen molar-refractivity contribution in [1.29, 1.82) is 0 Å². The van der Waals surface area contributed by atoms with Crippen LogP contribution in [0.15, 0.2) is 65.6 Å². The average Bonchev–Trinajstić information content (AvgIpc) is 3.54. The zero-order valence-electron chi connectivity index (χ0n) is 23.1. The van der Waals surface area contributed by atoms with Crippen molar-refractivity contribution in [2.75, 3.05) is 10.8 Å². The Bertz CT molecular complexity index is 1780. The molecule has 1 atom stereocenters. The first-order valence-electron chi connectivity index (χ1n) is 13.7. The number of sulfonamides is 1. The molecule has 1 N–H and O–H groups in total. The second-order valence-electron chi connectivity index (χ2n) is 11.7. The molecule has 0 unspecified atom stereocenters. The Morgan fingerprint density at radius 2 is 1.64 bits per heavy atom. The average molecular weight is 660 g/mol. The molecule has 0 amide bonds. The monoisotopic (exact) mass is 659 g/mol. The van der Waals surface area contributed by atoms with E-state index >= 15 is 0 Å². The molecule has 6 rings (SSSR count). The van der Waals surface area contributed by atoms with Crippen molar-refractivity contribution in [1.82, 2.24) is 0 Å². The van der Waals surface area contributed by atoms with Crippen molar-refractivity contribution in [3.05, 3.63) is 72.0 Å². The Kier molecular flexibility index (Phi) is 7.06. The van der Waals surface area contributed by atoms with Gasteiger partial charge in [0.25, 0.3) is 10.0 Å². The van der Waals surface area contributed by atoms with Gasteiger partial charge in [-0.25, -0.2) is 12.8 Å². The van der Waals surface area contributed by atoms with Crippen molar-refractivity contribution >= 4 is 21.7 Å². The molecule has 45 heavy (non-hydrogen) atoms. The molecular weight excluding hydrogens is 635 g/mol. The Hall–Kier alpha value is -4.01. The first-order chi connectivity index (χ1) is 20.9. The maximum atomic E-state index is 14.3. The number of anilines is 1. The van der Waals surface area contributed by atoms with Crippen LogP contribution in [0.2, 0.25) is 0 Å². The Morgan fingerprint density at radius 1 is 0.933 bits per heavy atom. The fourth-order valence-corrected chi connectivity index (χ4v) is 8.35. The maximum Gasteiger partial charge on any atom is 0.573 e. The number of hydrogen-bond acceptors (Lipinski definition) is 5. The second kappa shape index (κ2) is 10.3. The van der Waals surface area contributed by atoms with Crippen LogP contribution in [0, 0.1) is 16.6 Å². The highest BCUT2D eigenvalue weighted by Gasteiger charge is 2.62. The summed E-state index contributed by atoms with van der Waals surface area (Å²) >= 11 is 0. The van der Waals surface area contributed by atoms with E-state index in [-0.39, 0.29) is 35.5 Å². The molecule has 3 aromatic carbocycles. The molecule has 3 aromatic rings. The molecule has 0 spiro atoms. The summed E-state index contributed by atoms with van der Waals surface area (Å²) in [5.41, 5.74) is -3.08. The van der Waals surface area contributed by atoms with Crippen LogP contribution >= 0.6 is 0 Å². The number of aliphatic carboxylic acids is 1. The van der Waals surface area contributed by atoms with Gasteiger partial charge in [-0.2, -0.15) is 13.2 Å². The fourth-order valence-electron chi connectivity index (χ4n) is 6.84. The largest absolute Gasteiger partial charge is 0.573 e. The van der Waals surface area contributed by atoms with Gasteiger partial charge in [0.05, 0.1) is 28.1 Å². The number of fused-ring (bicyclic) bond motifs is 3. The standard InChI is InChI=1S/C30H24F7NO6S/c31-20-10-18(11-21(14-20)44-30(35,36)37)17-4-5-24-23(12-17)38(45(41,42)22-3-1-2-19(13-22)29(32,33)34)15-25(43-24)27-6-8-28(16-27,9-7-27)26(39)40/h1-5,10-14,25H,6-9,15-16H2,(H,39,40)/t25-,27?,28?/m1/s1. The molecule has 0 radical (unpaired) electrons. The molecule has 15 heteroatoms. The van der Waals surface area contributed by atoms with Crippen LogP contribution in [0.4, 0.5) is 36.4 Å². The van der Waals surface area contributed by atoms with E-state index in [0.717, 1.165) is 34.6 Å². The van der Waals surface area contributed by atoms with Gasteiger partial charge in [0.1, 0.15) is 23.4 Å². The van der Waals surface area contributed by atoms with Crippen molar-refractivity contribution in [3.63, 3.8) is 0 Å². The number of alkyl halides is 6. The third kappa shape index (κ3) is 5.55. The van der Waals surface area contributed by atoms with Gasteiger partial charge < -0.3 is 14.6 Å². The summed E-state index contributed by atoms with van der Waals surface area (Å²) in [5.74, 6) is -2.89. The molecule has 2 saturated carbocycles. The van der Waals surface area contributed by atoms with Gasteiger partial charge in [-0.05, 0) is 85.7 Å². The maximum absolute atomic E-state index is 14.3. The molecule has 240 valence electrons. The van der Waals surface area contributed by atoms with Crippen LogP contribution in [0.1, 0.15) is 37.7 Å². The van der Waals surface area contributed by atoms with Crippen LogP contribution < -0.4 is 13.8 Å². The van der Waals surface area contributed by atoms with E-state index in [2.05, 4.69) is 4.74 Å². The van der Waals surface area contributed by atoms with Crippen molar-refractivity contribution < 1.29 is 58.5 Å². The van der Waals surface area contributed by atoms with E-state index in [1.165, 1.54) is 18.2 Å². The summed E-state index contributed by atoms with van der Waals surface area (Å²) < 4.78 is 133. The lowest BCUT2D eigenvalue weighted by Crippen LogP contribution is -2.50. The zero-order chi connectivity index (χ0) is 32.6. The van der Waals surface area contributed by atoms with Crippen LogP contribution in [0.25, 0.3) is 11.1 Å². The third-order valence-electron chi connectivity index (χ3n) is 9.05. The summed E-state index contributed by atoms with van der Waals surface area (Å²) in [6.45, 7) is -0.379. The van der Waals surface area contributed by atoms with Gasteiger partial charge in [-0.15, -0.1) is 13.2 Å². The lowest BCUT2D eigenvalue weighted by molar-refractivity contribution is -0.274. The molecule has 1 heterocycles. The first-order valence-corrected chi connectivity index (χ1v) is 15.2. The molecule has 2 fully saturated rings. The smallest absolute Gasteiger partial charge is 0.486 e. The molecule has 3 aliphatic rings. The van der Waals surface area contributed by atoms with Gasteiger partial charge >= 0.3 is 18.5 Å². The van der Waals surface area contributed by atoms with Crippen LogP contribution in [0.3, 0.4) is 0 Å². The number of ether oxygens (including phenoxy) is 2. The Morgan fingerprint density at radius 3 is 2.27 bits per heavy atom. The van der Waals surface area contributed by atoms with E-state index in [1.54, 1.807) is 0 Å². The number of carboxylic acid groups (broad SMARTS) is 1. The zero-order valence-corrected chi connectivity index (χ0v) is 23.9. The van der Waals surface area contributed by atoms with E-state index in [0.29, 0.717) is 37.8 Å². The van der Waals surface area contributed by atoms with E-state index in [1.807, 2.05) is 0 Å². The van der Waals surface area contributed by atoms with E-state index < -0.39 is 67.5 Å². The summed E-state index contributed by atoms with van der Waals surface area (Å²) in [4.78, 5) is 11.4. The Balaban J connectivity index is 1.45. The topological polar surface area (TPSA) is 93.1 Å². The SMILES string of the molecule is O=C(O)C12CCC([C@H]3CN(S(=O)(=O)c4cccc(C(F)(F)F)c4)c4cc(-c5cc(F)cc(OC(F)(F)F)c5)ccc4O3)(CC1)C2.